The molecular weight excluding hydrogens is 234 g/mol. The molecule has 0 unspecified atom stereocenters. The zero-order valence-corrected chi connectivity index (χ0v) is 12.1. The summed E-state index contributed by atoms with van der Waals surface area (Å²) in [7, 11) is 0. The normalized spacial score (nSPS) is 11.2. The van der Waals surface area contributed by atoms with E-state index in [-0.39, 0.29) is 0 Å². The van der Waals surface area contributed by atoms with E-state index in [0.717, 1.165) is 25.3 Å². The number of imidazole rings is 1. The molecule has 2 aromatic rings. The molecule has 19 heavy (non-hydrogen) atoms. The van der Waals surface area contributed by atoms with Crippen LogP contribution in [0.1, 0.15) is 44.5 Å². The van der Waals surface area contributed by atoms with E-state index in [1.54, 1.807) is 0 Å². The average molecular weight is 257 g/mol. The Morgan fingerprint density at radius 3 is 2.79 bits per heavy atom. The second kappa shape index (κ2) is 6.53. The van der Waals surface area contributed by atoms with Crippen LogP contribution in [0.15, 0.2) is 36.7 Å². The van der Waals surface area contributed by atoms with Crippen LogP contribution >= 0.6 is 0 Å². The van der Waals surface area contributed by atoms with Crippen LogP contribution in [-0.4, -0.2) is 16.1 Å². The van der Waals surface area contributed by atoms with Crippen LogP contribution in [0, 0.1) is 0 Å². The van der Waals surface area contributed by atoms with Gasteiger partial charge in [0.2, 0.25) is 0 Å². The number of para-hydroxylation sites is 1. The minimum Gasteiger partial charge on any atom is -0.313 e. The van der Waals surface area contributed by atoms with Crippen LogP contribution in [0.4, 0.5) is 0 Å². The van der Waals surface area contributed by atoms with Gasteiger partial charge in [-0.1, -0.05) is 39.0 Å². The molecule has 3 heteroatoms. The van der Waals surface area contributed by atoms with Crippen molar-refractivity contribution in [2.24, 2.45) is 0 Å². The van der Waals surface area contributed by atoms with Crippen LogP contribution in [0.25, 0.3) is 5.69 Å². The molecule has 0 saturated carbocycles. The van der Waals surface area contributed by atoms with Crippen molar-refractivity contribution < 1.29 is 0 Å². The average Bonchev–Trinajstić information content (AvgIpc) is 2.89. The number of nitrogens with one attached hydrogen (secondary N) is 1. The molecule has 0 atom stereocenters. The number of rotatable bonds is 6. The standard InChI is InChI=1S/C16H23N3/c1-4-9-17-12-14-7-5-6-8-15(14)19-11-10-18-16(19)13(2)3/h5-8,10-11,13,17H,4,9,12H2,1-3H3. The van der Waals surface area contributed by atoms with Gasteiger partial charge >= 0.3 is 0 Å². The van der Waals surface area contributed by atoms with Gasteiger partial charge in [0.1, 0.15) is 5.82 Å². The Bertz CT molecular complexity index is 514. The van der Waals surface area contributed by atoms with E-state index in [4.69, 9.17) is 0 Å². The van der Waals surface area contributed by atoms with Crippen LogP contribution < -0.4 is 5.32 Å². The first-order valence-electron chi connectivity index (χ1n) is 7.06. The fraction of sp³-hybridized carbons (Fsp3) is 0.438. The number of nitrogens with zero attached hydrogens (tertiary/aromatic N) is 2. The Kier molecular flexibility index (Phi) is 4.74. The molecule has 3 nitrogen and oxygen atoms in total. The molecule has 1 aromatic carbocycles. The summed E-state index contributed by atoms with van der Waals surface area (Å²) >= 11 is 0. The fourth-order valence-corrected chi connectivity index (χ4v) is 2.24. The summed E-state index contributed by atoms with van der Waals surface area (Å²) in [5.74, 6) is 1.54. The van der Waals surface area contributed by atoms with E-state index in [9.17, 15) is 0 Å². The molecular formula is C16H23N3. The van der Waals surface area contributed by atoms with Crippen molar-refractivity contribution in [3.63, 3.8) is 0 Å². The molecule has 0 aliphatic carbocycles. The smallest absolute Gasteiger partial charge is 0.115 e. The largest absolute Gasteiger partial charge is 0.313 e. The van der Waals surface area contributed by atoms with E-state index in [1.165, 1.54) is 11.3 Å². The first kappa shape index (κ1) is 13.8. The number of hydrogen-bond acceptors (Lipinski definition) is 2. The summed E-state index contributed by atoms with van der Waals surface area (Å²) in [4.78, 5) is 4.47. The fourth-order valence-electron chi connectivity index (χ4n) is 2.24. The van der Waals surface area contributed by atoms with Crippen LogP contribution in [0.3, 0.4) is 0 Å². The minimum absolute atomic E-state index is 0.423. The molecule has 0 saturated heterocycles. The topological polar surface area (TPSA) is 29.9 Å². The van der Waals surface area contributed by atoms with Crippen molar-refractivity contribution in [2.45, 2.75) is 39.7 Å². The number of aromatic nitrogens is 2. The summed E-state index contributed by atoms with van der Waals surface area (Å²) in [6.07, 6.45) is 5.09. The highest BCUT2D eigenvalue weighted by atomic mass is 15.1. The molecule has 1 N–H and O–H groups in total. The van der Waals surface area contributed by atoms with Gasteiger partial charge in [0.05, 0.1) is 5.69 Å². The zero-order chi connectivity index (χ0) is 13.7. The summed E-state index contributed by atoms with van der Waals surface area (Å²) < 4.78 is 2.20. The Morgan fingerprint density at radius 2 is 2.05 bits per heavy atom. The lowest BCUT2D eigenvalue weighted by Gasteiger charge is -2.15. The molecule has 0 bridgehead atoms. The maximum Gasteiger partial charge on any atom is 0.115 e. The number of benzene rings is 1. The zero-order valence-electron chi connectivity index (χ0n) is 12.1. The van der Waals surface area contributed by atoms with Gasteiger partial charge in [-0.2, -0.15) is 0 Å². The van der Waals surface area contributed by atoms with Gasteiger partial charge < -0.3 is 9.88 Å². The molecule has 102 valence electrons. The summed E-state index contributed by atoms with van der Waals surface area (Å²) in [6.45, 7) is 8.49. The van der Waals surface area contributed by atoms with Gasteiger partial charge in [0, 0.05) is 24.9 Å². The van der Waals surface area contributed by atoms with Gasteiger partial charge in [0.25, 0.3) is 0 Å². The number of hydrogen-bond donors (Lipinski definition) is 1. The van der Waals surface area contributed by atoms with Crippen LogP contribution in [0.2, 0.25) is 0 Å². The molecule has 1 aromatic heterocycles. The first-order valence-corrected chi connectivity index (χ1v) is 7.06. The van der Waals surface area contributed by atoms with Crippen LogP contribution in [-0.2, 0) is 6.54 Å². The second-order valence-electron chi connectivity index (χ2n) is 5.12. The molecule has 0 fully saturated rings. The molecule has 0 amide bonds. The minimum atomic E-state index is 0.423. The molecule has 0 aliphatic heterocycles. The van der Waals surface area contributed by atoms with Crippen molar-refractivity contribution in [3.8, 4) is 5.69 Å². The summed E-state index contributed by atoms with van der Waals surface area (Å²) in [6, 6.07) is 8.53. The van der Waals surface area contributed by atoms with Gasteiger partial charge in [-0.05, 0) is 24.6 Å². The second-order valence-corrected chi connectivity index (χ2v) is 5.12. The highest BCUT2D eigenvalue weighted by Gasteiger charge is 2.11. The van der Waals surface area contributed by atoms with Crippen LogP contribution in [0.5, 0.6) is 0 Å². The van der Waals surface area contributed by atoms with E-state index >= 15 is 0 Å². The highest BCUT2D eigenvalue weighted by Crippen LogP contribution is 2.20. The SMILES string of the molecule is CCCNCc1ccccc1-n1ccnc1C(C)C. The third kappa shape index (κ3) is 3.24. The van der Waals surface area contributed by atoms with Crippen molar-refractivity contribution in [1.29, 1.82) is 0 Å². The molecule has 0 radical (unpaired) electrons. The van der Waals surface area contributed by atoms with Gasteiger partial charge in [-0.3, -0.25) is 0 Å². The third-order valence-electron chi connectivity index (χ3n) is 3.18. The Morgan fingerprint density at radius 1 is 1.26 bits per heavy atom. The third-order valence-corrected chi connectivity index (χ3v) is 3.18. The first-order chi connectivity index (χ1) is 9.24. The highest BCUT2D eigenvalue weighted by molar-refractivity contribution is 5.42. The summed E-state index contributed by atoms with van der Waals surface area (Å²) in [5, 5.41) is 3.47. The molecule has 1 heterocycles. The van der Waals surface area contributed by atoms with Gasteiger partial charge in [-0.25, -0.2) is 4.98 Å². The molecule has 2 rings (SSSR count). The van der Waals surface area contributed by atoms with Crippen molar-refractivity contribution in [2.75, 3.05) is 6.54 Å². The van der Waals surface area contributed by atoms with Gasteiger partial charge in [-0.15, -0.1) is 0 Å². The predicted molar refractivity (Wildman–Crippen MR) is 79.7 cm³/mol. The van der Waals surface area contributed by atoms with E-state index in [0.29, 0.717) is 5.92 Å². The Labute approximate surface area is 115 Å². The van der Waals surface area contributed by atoms with Crippen molar-refractivity contribution in [1.82, 2.24) is 14.9 Å². The predicted octanol–water partition coefficient (Wildman–Crippen LogP) is 3.50. The lowest BCUT2D eigenvalue weighted by atomic mass is 10.1. The van der Waals surface area contributed by atoms with E-state index in [2.05, 4.69) is 59.9 Å². The maximum absolute atomic E-state index is 4.47. The van der Waals surface area contributed by atoms with Gasteiger partial charge in [0.15, 0.2) is 0 Å². The lowest BCUT2D eigenvalue weighted by Crippen LogP contribution is -2.16. The molecule has 0 spiro atoms. The molecule has 0 aliphatic rings. The van der Waals surface area contributed by atoms with E-state index in [1.807, 2.05) is 12.4 Å². The maximum atomic E-state index is 4.47. The van der Waals surface area contributed by atoms with E-state index < -0.39 is 0 Å². The Balaban J connectivity index is 2.30. The van der Waals surface area contributed by atoms with Crippen molar-refractivity contribution >= 4 is 0 Å². The monoisotopic (exact) mass is 257 g/mol. The van der Waals surface area contributed by atoms with Crippen molar-refractivity contribution in [3.05, 3.63) is 48.0 Å². The Hall–Kier alpha value is -1.61. The lowest BCUT2D eigenvalue weighted by molar-refractivity contribution is 0.669. The summed E-state index contributed by atoms with van der Waals surface area (Å²) in [5.41, 5.74) is 2.54. The quantitative estimate of drug-likeness (QED) is 0.803.